The molecule has 0 atom stereocenters. The van der Waals surface area contributed by atoms with Crippen molar-refractivity contribution in [1.82, 2.24) is 5.43 Å². The van der Waals surface area contributed by atoms with Crippen molar-refractivity contribution in [3.63, 3.8) is 0 Å². The standard InChI is InChI=1S/C22H15N3O4S/c26-22(21-13-16-12-17(25(27)28)9-10-20(16)30-21)24-23-14-15-5-4-8-19(11-15)29-18-6-2-1-3-7-18/h1-14H,(H,24,26)/b23-14-. The van der Waals surface area contributed by atoms with Gasteiger partial charge in [0.15, 0.2) is 0 Å². The highest BCUT2D eigenvalue weighted by atomic mass is 32.1. The number of benzene rings is 3. The maximum absolute atomic E-state index is 12.4. The fourth-order valence-corrected chi connectivity index (χ4v) is 3.69. The fourth-order valence-electron chi connectivity index (χ4n) is 2.76. The van der Waals surface area contributed by atoms with E-state index >= 15 is 0 Å². The van der Waals surface area contributed by atoms with Gasteiger partial charge in [0.05, 0.1) is 16.0 Å². The average Bonchev–Trinajstić information content (AvgIpc) is 3.18. The second-order valence-electron chi connectivity index (χ2n) is 6.28. The molecule has 1 aromatic heterocycles. The van der Waals surface area contributed by atoms with E-state index in [1.165, 1.54) is 29.7 Å². The summed E-state index contributed by atoms with van der Waals surface area (Å²) in [6.45, 7) is 0. The number of hydrogen-bond acceptors (Lipinski definition) is 6. The zero-order valence-corrected chi connectivity index (χ0v) is 16.3. The van der Waals surface area contributed by atoms with Gasteiger partial charge in [-0.25, -0.2) is 5.43 Å². The largest absolute Gasteiger partial charge is 0.457 e. The number of nitro benzene ring substituents is 1. The summed E-state index contributed by atoms with van der Waals surface area (Å²) in [6.07, 6.45) is 1.52. The van der Waals surface area contributed by atoms with Crippen molar-refractivity contribution < 1.29 is 14.5 Å². The first kappa shape index (κ1) is 19.3. The Labute approximate surface area is 175 Å². The number of ether oxygens (including phenoxy) is 1. The van der Waals surface area contributed by atoms with Crippen LogP contribution in [0.15, 0.2) is 84.0 Å². The highest BCUT2D eigenvalue weighted by Gasteiger charge is 2.12. The number of nitrogens with zero attached hydrogens (tertiary/aromatic N) is 2. The molecule has 0 bridgehead atoms. The van der Waals surface area contributed by atoms with Crippen LogP contribution in [0.2, 0.25) is 0 Å². The molecular weight excluding hydrogens is 402 g/mol. The van der Waals surface area contributed by atoms with Crippen LogP contribution in [-0.4, -0.2) is 17.0 Å². The Kier molecular flexibility index (Phi) is 5.49. The van der Waals surface area contributed by atoms with Gasteiger partial charge in [-0.15, -0.1) is 11.3 Å². The molecule has 1 amide bonds. The lowest BCUT2D eigenvalue weighted by Gasteiger charge is -2.05. The SMILES string of the molecule is O=C(N/N=C\c1cccc(Oc2ccccc2)c1)c1cc2cc([N+](=O)[O-])ccc2s1. The topological polar surface area (TPSA) is 93.8 Å². The lowest BCUT2D eigenvalue weighted by atomic mass is 10.2. The summed E-state index contributed by atoms with van der Waals surface area (Å²) in [5.41, 5.74) is 3.23. The van der Waals surface area contributed by atoms with Gasteiger partial charge in [0.25, 0.3) is 11.6 Å². The summed E-state index contributed by atoms with van der Waals surface area (Å²) in [7, 11) is 0. The maximum atomic E-state index is 12.4. The van der Waals surface area contributed by atoms with Crippen molar-refractivity contribution >= 4 is 39.2 Å². The van der Waals surface area contributed by atoms with Crippen molar-refractivity contribution in [3.05, 3.63) is 99.4 Å². The van der Waals surface area contributed by atoms with Gasteiger partial charge < -0.3 is 4.74 Å². The summed E-state index contributed by atoms with van der Waals surface area (Å²) in [5.74, 6) is 0.999. The first-order chi connectivity index (χ1) is 14.6. The molecule has 7 nitrogen and oxygen atoms in total. The number of nitro groups is 1. The smallest absolute Gasteiger partial charge is 0.281 e. The first-order valence-corrected chi connectivity index (χ1v) is 9.74. The van der Waals surface area contributed by atoms with Crippen LogP contribution in [0.5, 0.6) is 11.5 Å². The van der Waals surface area contributed by atoms with E-state index in [1.54, 1.807) is 18.2 Å². The van der Waals surface area contributed by atoms with Crippen LogP contribution in [0.1, 0.15) is 15.2 Å². The number of hydrogen-bond donors (Lipinski definition) is 1. The predicted octanol–water partition coefficient (Wildman–Crippen LogP) is 5.37. The van der Waals surface area contributed by atoms with Crippen molar-refractivity contribution in [2.75, 3.05) is 0 Å². The predicted molar refractivity (Wildman–Crippen MR) is 116 cm³/mol. The molecule has 8 heteroatoms. The van der Waals surface area contributed by atoms with Gasteiger partial charge in [0, 0.05) is 22.2 Å². The minimum absolute atomic E-state index is 0.0112. The molecule has 0 unspecified atom stereocenters. The van der Waals surface area contributed by atoms with Gasteiger partial charge in [0.1, 0.15) is 11.5 Å². The third-order valence-corrected chi connectivity index (χ3v) is 5.27. The number of hydrazone groups is 1. The van der Waals surface area contributed by atoms with Crippen molar-refractivity contribution in [1.29, 1.82) is 0 Å². The van der Waals surface area contributed by atoms with E-state index in [9.17, 15) is 14.9 Å². The van der Waals surface area contributed by atoms with Gasteiger partial charge in [-0.05, 0) is 42.0 Å². The normalized spacial score (nSPS) is 10.9. The molecule has 0 saturated carbocycles. The molecule has 30 heavy (non-hydrogen) atoms. The minimum atomic E-state index is -0.462. The Balaban J connectivity index is 1.43. The molecule has 0 fully saturated rings. The number of non-ortho nitro benzene ring substituents is 1. The minimum Gasteiger partial charge on any atom is -0.457 e. The Bertz CT molecular complexity index is 1250. The van der Waals surface area contributed by atoms with Crippen molar-refractivity contribution in [2.24, 2.45) is 5.10 Å². The lowest BCUT2D eigenvalue weighted by Crippen LogP contribution is -2.16. The van der Waals surface area contributed by atoms with Crippen LogP contribution in [0.3, 0.4) is 0 Å². The quantitative estimate of drug-likeness (QED) is 0.259. The molecule has 0 aliphatic carbocycles. The van der Waals surface area contributed by atoms with Crippen LogP contribution in [0.25, 0.3) is 10.1 Å². The summed E-state index contributed by atoms with van der Waals surface area (Å²) < 4.78 is 6.57. The molecule has 0 aliphatic heterocycles. The number of carbonyl (C=O) groups is 1. The number of rotatable bonds is 6. The third-order valence-electron chi connectivity index (χ3n) is 4.15. The van der Waals surface area contributed by atoms with Crippen LogP contribution in [0, 0.1) is 10.1 Å². The van der Waals surface area contributed by atoms with Crippen LogP contribution in [-0.2, 0) is 0 Å². The second kappa shape index (κ2) is 8.54. The van der Waals surface area contributed by atoms with Crippen LogP contribution < -0.4 is 10.2 Å². The fraction of sp³-hybridized carbons (Fsp3) is 0. The van der Waals surface area contributed by atoms with E-state index in [-0.39, 0.29) is 11.6 Å². The highest BCUT2D eigenvalue weighted by Crippen LogP contribution is 2.29. The van der Waals surface area contributed by atoms with E-state index in [1.807, 2.05) is 48.5 Å². The molecule has 1 N–H and O–H groups in total. The average molecular weight is 417 g/mol. The molecule has 148 valence electrons. The highest BCUT2D eigenvalue weighted by molar-refractivity contribution is 7.20. The molecule has 1 heterocycles. The molecule has 0 spiro atoms. The summed E-state index contributed by atoms with van der Waals surface area (Å²) in [6, 6.07) is 22.9. The van der Waals surface area contributed by atoms with E-state index < -0.39 is 4.92 Å². The van der Waals surface area contributed by atoms with E-state index in [4.69, 9.17) is 4.74 Å². The Hall–Kier alpha value is -4.04. The van der Waals surface area contributed by atoms with Gasteiger partial charge in [0.2, 0.25) is 0 Å². The zero-order valence-electron chi connectivity index (χ0n) is 15.5. The van der Waals surface area contributed by atoms with Gasteiger partial charge in [-0.3, -0.25) is 14.9 Å². The van der Waals surface area contributed by atoms with Gasteiger partial charge in [-0.2, -0.15) is 5.10 Å². The molecule has 3 aromatic carbocycles. The number of carbonyl (C=O) groups excluding carboxylic acids is 1. The summed E-state index contributed by atoms with van der Waals surface area (Å²) >= 11 is 1.25. The zero-order chi connectivity index (χ0) is 20.9. The van der Waals surface area contributed by atoms with Crippen LogP contribution >= 0.6 is 11.3 Å². The Morgan fingerprint density at radius 2 is 1.80 bits per heavy atom. The Morgan fingerprint density at radius 1 is 1.00 bits per heavy atom. The Morgan fingerprint density at radius 3 is 2.60 bits per heavy atom. The van der Waals surface area contributed by atoms with Gasteiger partial charge >= 0.3 is 0 Å². The van der Waals surface area contributed by atoms with Gasteiger partial charge in [-0.1, -0.05) is 30.3 Å². The van der Waals surface area contributed by atoms with E-state index in [0.29, 0.717) is 16.0 Å². The summed E-state index contributed by atoms with van der Waals surface area (Å²) in [5, 5.41) is 15.5. The molecule has 0 radical (unpaired) electrons. The van der Waals surface area contributed by atoms with Crippen LogP contribution in [0.4, 0.5) is 5.69 Å². The maximum Gasteiger partial charge on any atom is 0.281 e. The van der Waals surface area contributed by atoms with Crippen molar-refractivity contribution in [2.45, 2.75) is 0 Å². The molecule has 0 saturated heterocycles. The lowest BCUT2D eigenvalue weighted by molar-refractivity contribution is -0.384. The number of para-hydroxylation sites is 1. The van der Waals surface area contributed by atoms with E-state index in [2.05, 4.69) is 10.5 Å². The first-order valence-electron chi connectivity index (χ1n) is 8.93. The number of amides is 1. The molecule has 0 aliphatic rings. The third kappa shape index (κ3) is 4.50. The molecular formula is C22H15N3O4S. The monoisotopic (exact) mass is 417 g/mol. The number of thiophene rings is 1. The van der Waals surface area contributed by atoms with Crippen molar-refractivity contribution in [3.8, 4) is 11.5 Å². The number of fused-ring (bicyclic) bond motifs is 1. The molecule has 4 aromatic rings. The molecule has 4 rings (SSSR count). The number of nitrogens with one attached hydrogen (secondary N) is 1. The second-order valence-corrected chi connectivity index (χ2v) is 7.36. The summed E-state index contributed by atoms with van der Waals surface area (Å²) in [4.78, 5) is 23.2. The van der Waals surface area contributed by atoms with E-state index in [0.717, 1.165) is 16.0 Å².